The molecule has 1 aromatic heterocycles. The number of allylic oxidation sites excluding steroid dienone is 1. The van der Waals surface area contributed by atoms with Crippen molar-refractivity contribution >= 4 is 45.9 Å². The first-order chi connectivity index (χ1) is 17.4. The van der Waals surface area contributed by atoms with Crippen LogP contribution in [0.2, 0.25) is 0 Å². The van der Waals surface area contributed by atoms with Gasteiger partial charge in [-0.2, -0.15) is 0 Å². The fourth-order valence-corrected chi connectivity index (χ4v) is 5.94. The molecule has 3 heterocycles. The van der Waals surface area contributed by atoms with E-state index in [-0.39, 0.29) is 11.4 Å². The molecule has 0 spiro atoms. The van der Waals surface area contributed by atoms with E-state index in [4.69, 9.17) is 4.99 Å². The van der Waals surface area contributed by atoms with Crippen molar-refractivity contribution < 1.29 is 4.79 Å². The number of rotatable bonds is 5. The average molecular weight is 495 g/mol. The van der Waals surface area contributed by atoms with Crippen LogP contribution >= 0.6 is 11.8 Å². The number of hydrogen-bond acceptors (Lipinski definition) is 5. The summed E-state index contributed by atoms with van der Waals surface area (Å²) in [7, 11) is 0. The zero-order valence-corrected chi connectivity index (χ0v) is 21.9. The smallest absolute Gasteiger partial charge is 0.267 e. The van der Waals surface area contributed by atoms with Gasteiger partial charge in [0.1, 0.15) is 0 Å². The molecular formula is C30H30N4OS. The number of amidine groups is 1. The summed E-state index contributed by atoms with van der Waals surface area (Å²) in [6.45, 7) is 10.2. The number of nitrogens with zero attached hydrogens (tertiary/aromatic N) is 4. The lowest BCUT2D eigenvalue weighted by molar-refractivity contribution is -0.122. The maximum Gasteiger partial charge on any atom is 0.267 e. The van der Waals surface area contributed by atoms with E-state index in [0.29, 0.717) is 16.6 Å². The summed E-state index contributed by atoms with van der Waals surface area (Å²) in [6, 6.07) is 20.1. The molecule has 1 amide bonds. The van der Waals surface area contributed by atoms with E-state index >= 15 is 0 Å². The van der Waals surface area contributed by atoms with Crippen molar-refractivity contribution in [3.05, 3.63) is 101 Å². The van der Waals surface area contributed by atoms with Crippen LogP contribution in [0.1, 0.15) is 44.4 Å². The Morgan fingerprint density at radius 3 is 2.61 bits per heavy atom. The minimum absolute atomic E-state index is 0.0291. The Hall–Kier alpha value is -3.64. The van der Waals surface area contributed by atoms with Gasteiger partial charge in [0.05, 0.1) is 22.7 Å². The maximum atomic E-state index is 13.6. The lowest BCUT2D eigenvalue weighted by Crippen LogP contribution is -2.44. The van der Waals surface area contributed by atoms with E-state index in [1.165, 1.54) is 28.6 Å². The second-order valence-electron chi connectivity index (χ2n) is 9.60. The number of para-hydroxylation sites is 1. The summed E-state index contributed by atoms with van der Waals surface area (Å²) in [4.78, 5) is 27.4. The number of likely N-dealkylation sites (N-methyl/N-ethyl adjacent to an activating group) is 1. The van der Waals surface area contributed by atoms with Gasteiger partial charge in [-0.3, -0.25) is 14.7 Å². The number of amides is 1. The van der Waals surface area contributed by atoms with Crippen LogP contribution in [0.4, 0.5) is 11.4 Å². The highest BCUT2D eigenvalue weighted by Gasteiger charge is 2.34. The zero-order chi connectivity index (χ0) is 25.3. The Kier molecular flexibility index (Phi) is 6.54. The van der Waals surface area contributed by atoms with E-state index in [1.807, 2.05) is 48.5 Å². The van der Waals surface area contributed by atoms with Gasteiger partial charge in [0.25, 0.3) is 5.91 Å². The summed E-state index contributed by atoms with van der Waals surface area (Å²) in [5.41, 5.74) is 6.47. The Bertz CT molecular complexity index is 1380. The first-order valence-corrected chi connectivity index (χ1v) is 13.0. The average Bonchev–Trinajstić information content (AvgIpc) is 3.14. The Labute approximate surface area is 217 Å². The minimum Gasteiger partial charge on any atom is -0.363 e. The van der Waals surface area contributed by atoms with E-state index in [0.717, 1.165) is 23.4 Å². The first-order valence-electron chi connectivity index (χ1n) is 12.2. The number of carbonyl (C=O) groups excluding carboxylic acids is 1. The van der Waals surface area contributed by atoms with Crippen LogP contribution in [0, 0.1) is 0 Å². The van der Waals surface area contributed by atoms with Crippen LogP contribution in [0.15, 0.2) is 89.0 Å². The third-order valence-corrected chi connectivity index (χ3v) is 7.55. The number of pyridine rings is 1. The van der Waals surface area contributed by atoms with Gasteiger partial charge < -0.3 is 4.90 Å². The second-order valence-corrected chi connectivity index (χ2v) is 10.6. The molecule has 0 saturated carbocycles. The highest BCUT2D eigenvalue weighted by atomic mass is 32.2. The molecule has 5 nitrogen and oxygen atoms in total. The van der Waals surface area contributed by atoms with Gasteiger partial charge in [0.2, 0.25) is 0 Å². The monoisotopic (exact) mass is 494 g/mol. The molecule has 2 aromatic carbocycles. The van der Waals surface area contributed by atoms with Gasteiger partial charge in [-0.05, 0) is 92.6 Å². The quantitative estimate of drug-likeness (QED) is 0.362. The number of thioether (sulfide) groups is 1. The molecule has 0 atom stereocenters. The molecule has 2 aliphatic rings. The molecule has 6 heteroatoms. The summed E-state index contributed by atoms with van der Waals surface area (Å²) < 4.78 is 0. The molecule has 2 aliphatic heterocycles. The molecule has 0 bridgehead atoms. The van der Waals surface area contributed by atoms with Crippen LogP contribution in [0.25, 0.3) is 11.6 Å². The van der Waals surface area contributed by atoms with Crippen LogP contribution in [0.5, 0.6) is 0 Å². The summed E-state index contributed by atoms with van der Waals surface area (Å²) in [5.74, 6) is -0.0418. The number of aliphatic imine (C=N–C) groups is 1. The molecule has 0 radical (unpaired) electrons. The van der Waals surface area contributed by atoms with E-state index in [9.17, 15) is 4.79 Å². The van der Waals surface area contributed by atoms with Gasteiger partial charge in [0.15, 0.2) is 5.17 Å². The summed E-state index contributed by atoms with van der Waals surface area (Å²) in [6.07, 6.45) is 7.84. The number of aromatic nitrogens is 1. The van der Waals surface area contributed by atoms with Gasteiger partial charge >= 0.3 is 0 Å². The maximum absolute atomic E-state index is 13.6. The molecule has 0 unspecified atom stereocenters. The minimum atomic E-state index is -0.0418. The first kappa shape index (κ1) is 24.1. The van der Waals surface area contributed by atoms with Crippen molar-refractivity contribution in [2.45, 2.75) is 39.8 Å². The normalized spacial score (nSPS) is 19.1. The van der Waals surface area contributed by atoms with Gasteiger partial charge in [-0.25, -0.2) is 4.99 Å². The van der Waals surface area contributed by atoms with Crippen molar-refractivity contribution in [2.24, 2.45) is 4.99 Å². The Morgan fingerprint density at radius 2 is 1.89 bits per heavy atom. The molecule has 0 aliphatic carbocycles. The van der Waals surface area contributed by atoms with Crippen molar-refractivity contribution in [1.82, 2.24) is 9.88 Å². The van der Waals surface area contributed by atoms with E-state index in [1.54, 1.807) is 17.3 Å². The van der Waals surface area contributed by atoms with Crippen LogP contribution in [0.3, 0.4) is 0 Å². The fraction of sp³-hybridized carbons (Fsp3) is 0.233. The van der Waals surface area contributed by atoms with E-state index in [2.05, 4.69) is 61.9 Å². The topological polar surface area (TPSA) is 48.8 Å². The number of hydrogen-bond donors (Lipinski definition) is 0. The van der Waals surface area contributed by atoms with Gasteiger partial charge in [-0.15, -0.1) is 0 Å². The Balaban J connectivity index is 1.51. The zero-order valence-electron chi connectivity index (χ0n) is 21.1. The standard InChI is InChI=1S/C30H30N4OS/c1-5-34-26-14-13-22(16-25(26)21(2)18-30(34,3)4)17-27-28(35)33(20-23-10-9-15-31-19-23)29(36-27)32-24-11-7-6-8-12-24/h6-19H,5,20H2,1-4H3/b27-17+,32-29?. The fourth-order valence-electron chi connectivity index (χ4n) is 4.94. The van der Waals surface area contributed by atoms with Crippen LogP contribution in [-0.4, -0.2) is 33.0 Å². The molecule has 5 rings (SSSR count). The summed E-state index contributed by atoms with van der Waals surface area (Å²) >= 11 is 1.42. The molecule has 3 aromatic rings. The van der Waals surface area contributed by atoms with E-state index < -0.39 is 0 Å². The second kappa shape index (κ2) is 9.78. The highest BCUT2D eigenvalue weighted by Crippen LogP contribution is 2.40. The molecular weight excluding hydrogens is 464 g/mol. The lowest BCUT2D eigenvalue weighted by Gasteiger charge is -2.42. The van der Waals surface area contributed by atoms with Crippen molar-refractivity contribution in [3.8, 4) is 0 Å². The molecule has 0 N–H and O–H groups in total. The number of benzene rings is 2. The molecule has 182 valence electrons. The van der Waals surface area contributed by atoms with Gasteiger partial charge in [0, 0.05) is 30.2 Å². The lowest BCUT2D eigenvalue weighted by atomic mass is 9.88. The third-order valence-electron chi connectivity index (χ3n) is 6.55. The third kappa shape index (κ3) is 4.73. The summed E-state index contributed by atoms with van der Waals surface area (Å²) in [5, 5.41) is 0.675. The predicted octanol–water partition coefficient (Wildman–Crippen LogP) is 6.91. The predicted molar refractivity (Wildman–Crippen MR) is 151 cm³/mol. The number of fused-ring (bicyclic) bond motifs is 1. The number of carbonyl (C=O) groups is 1. The SMILES string of the molecule is CCN1c2ccc(/C=C3/SC(=Nc4ccccc4)N(Cc4cccnc4)C3=O)cc2C(C)=CC1(C)C. The van der Waals surface area contributed by atoms with Crippen molar-refractivity contribution in [3.63, 3.8) is 0 Å². The van der Waals surface area contributed by atoms with Crippen LogP contribution < -0.4 is 4.90 Å². The highest BCUT2D eigenvalue weighted by molar-refractivity contribution is 8.18. The van der Waals surface area contributed by atoms with Gasteiger partial charge in [-0.1, -0.05) is 36.4 Å². The molecule has 36 heavy (non-hydrogen) atoms. The van der Waals surface area contributed by atoms with Crippen molar-refractivity contribution in [1.29, 1.82) is 0 Å². The van der Waals surface area contributed by atoms with Crippen molar-refractivity contribution in [2.75, 3.05) is 11.4 Å². The Morgan fingerprint density at radius 1 is 1.08 bits per heavy atom. The molecule has 1 saturated heterocycles. The number of anilines is 1. The van der Waals surface area contributed by atoms with Crippen LogP contribution in [-0.2, 0) is 11.3 Å². The largest absolute Gasteiger partial charge is 0.363 e. The molecule has 1 fully saturated rings.